The molecule has 3 aromatic rings. The quantitative estimate of drug-likeness (QED) is 0.628. The van der Waals surface area contributed by atoms with Gasteiger partial charge >= 0.3 is 0 Å². The summed E-state index contributed by atoms with van der Waals surface area (Å²) in [6, 6.07) is 6.02. The molecule has 0 aromatic carbocycles. The van der Waals surface area contributed by atoms with Crippen LogP contribution >= 0.6 is 23.1 Å². The normalized spacial score (nSPS) is 15.6. The van der Waals surface area contributed by atoms with Gasteiger partial charge in [0, 0.05) is 29.9 Å². The van der Waals surface area contributed by atoms with Gasteiger partial charge in [0.1, 0.15) is 11.1 Å². The van der Waals surface area contributed by atoms with Crippen molar-refractivity contribution >= 4 is 34.0 Å². The lowest BCUT2D eigenvalue weighted by Crippen LogP contribution is -2.14. The van der Waals surface area contributed by atoms with Crippen LogP contribution in [0, 0.1) is 17.2 Å². The van der Waals surface area contributed by atoms with E-state index < -0.39 is 0 Å². The highest BCUT2D eigenvalue weighted by Gasteiger charge is 2.24. The monoisotopic (exact) mass is 424 g/mol. The Morgan fingerprint density at radius 2 is 2.21 bits per heavy atom. The molecule has 3 heterocycles. The summed E-state index contributed by atoms with van der Waals surface area (Å²) < 4.78 is 1.86. The van der Waals surface area contributed by atoms with E-state index in [0.29, 0.717) is 21.6 Å². The summed E-state index contributed by atoms with van der Waals surface area (Å²) in [6.45, 7) is 2.23. The maximum absolute atomic E-state index is 12.5. The lowest BCUT2D eigenvalue weighted by atomic mass is 9.89. The minimum atomic E-state index is -0.147. The van der Waals surface area contributed by atoms with Crippen LogP contribution in [0.25, 0.3) is 11.4 Å². The van der Waals surface area contributed by atoms with Crippen molar-refractivity contribution < 1.29 is 4.79 Å². The minimum absolute atomic E-state index is 0.147. The number of nitrogens with one attached hydrogen (secondary N) is 1. The second kappa shape index (κ2) is 8.35. The van der Waals surface area contributed by atoms with E-state index in [1.54, 1.807) is 23.7 Å². The van der Waals surface area contributed by atoms with E-state index in [4.69, 9.17) is 0 Å². The molecule has 1 amide bonds. The zero-order valence-corrected chi connectivity index (χ0v) is 17.8. The van der Waals surface area contributed by atoms with E-state index in [1.807, 2.05) is 23.7 Å². The lowest BCUT2D eigenvalue weighted by molar-refractivity contribution is -0.113. The van der Waals surface area contributed by atoms with Gasteiger partial charge in [-0.15, -0.1) is 21.5 Å². The van der Waals surface area contributed by atoms with Crippen LogP contribution in [-0.2, 0) is 24.7 Å². The predicted octanol–water partition coefficient (Wildman–Crippen LogP) is 3.67. The summed E-state index contributed by atoms with van der Waals surface area (Å²) in [7, 11) is 1.87. The van der Waals surface area contributed by atoms with Gasteiger partial charge in [0.2, 0.25) is 5.91 Å². The summed E-state index contributed by atoms with van der Waals surface area (Å²) in [5.74, 6) is 1.40. The third-order valence-corrected chi connectivity index (χ3v) is 7.17. The molecule has 1 aliphatic carbocycles. The highest BCUT2D eigenvalue weighted by molar-refractivity contribution is 7.99. The first-order valence-corrected chi connectivity index (χ1v) is 11.1. The van der Waals surface area contributed by atoms with Crippen LogP contribution in [0.15, 0.2) is 29.7 Å². The van der Waals surface area contributed by atoms with Crippen molar-refractivity contribution in [2.24, 2.45) is 13.0 Å². The standard InChI is InChI=1S/C20H20N6OS2/c1-12-3-4-14-15(10-21)19(29-16(14)9-12)23-17(27)11-28-20-25-24-18(26(20)2)13-5-7-22-8-6-13/h5-8,12H,3-4,9,11H2,1-2H3,(H,23,27)/t12-/m1/s1. The van der Waals surface area contributed by atoms with Gasteiger partial charge < -0.3 is 9.88 Å². The Bertz CT molecular complexity index is 1080. The number of amides is 1. The van der Waals surface area contributed by atoms with E-state index in [1.165, 1.54) is 16.6 Å². The molecule has 9 heteroatoms. The molecule has 1 atom stereocenters. The fourth-order valence-electron chi connectivity index (χ4n) is 3.44. The van der Waals surface area contributed by atoms with Crippen molar-refractivity contribution in [3.63, 3.8) is 0 Å². The number of pyridine rings is 1. The van der Waals surface area contributed by atoms with Crippen LogP contribution in [0.1, 0.15) is 29.3 Å². The van der Waals surface area contributed by atoms with Gasteiger partial charge in [-0.05, 0) is 42.9 Å². The molecule has 0 aliphatic heterocycles. The SMILES string of the molecule is C[C@@H]1CCc2c(sc(NC(=O)CSc3nnc(-c4ccncc4)n3C)c2C#N)C1. The van der Waals surface area contributed by atoms with Crippen molar-refractivity contribution in [3.05, 3.63) is 40.5 Å². The number of nitrogens with zero attached hydrogens (tertiary/aromatic N) is 5. The number of rotatable bonds is 5. The largest absolute Gasteiger partial charge is 0.316 e. The van der Waals surface area contributed by atoms with Crippen LogP contribution in [0.5, 0.6) is 0 Å². The minimum Gasteiger partial charge on any atom is -0.316 e. The number of thiophene rings is 1. The van der Waals surface area contributed by atoms with E-state index in [9.17, 15) is 10.1 Å². The molecule has 29 heavy (non-hydrogen) atoms. The maximum Gasteiger partial charge on any atom is 0.235 e. The van der Waals surface area contributed by atoms with Crippen molar-refractivity contribution in [1.82, 2.24) is 19.7 Å². The van der Waals surface area contributed by atoms with Crippen LogP contribution in [0.2, 0.25) is 0 Å². The Hall–Kier alpha value is -2.70. The molecule has 0 bridgehead atoms. The fourth-order valence-corrected chi connectivity index (χ4v) is 5.53. The molecule has 0 radical (unpaired) electrons. The number of hydrogen-bond acceptors (Lipinski definition) is 7. The summed E-state index contributed by atoms with van der Waals surface area (Å²) >= 11 is 2.86. The zero-order valence-electron chi connectivity index (χ0n) is 16.2. The molecule has 0 saturated carbocycles. The van der Waals surface area contributed by atoms with Crippen molar-refractivity contribution in [2.75, 3.05) is 11.1 Å². The smallest absolute Gasteiger partial charge is 0.235 e. The number of fused-ring (bicyclic) bond motifs is 1. The van der Waals surface area contributed by atoms with Gasteiger partial charge in [-0.25, -0.2) is 0 Å². The Balaban J connectivity index is 1.43. The van der Waals surface area contributed by atoms with E-state index in [2.05, 4.69) is 33.5 Å². The molecule has 0 fully saturated rings. The molecule has 0 saturated heterocycles. The maximum atomic E-state index is 12.5. The van der Waals surface area contributed by atoms with Crippen LogP contribution < -0.4 is 5.32 Å². The highest BCUT2D eigenvalue weighted by atomic mass is 32.2. The van der Waals surface area contributed by atoms with Gasteiger partial charge in [0.25, 0.3) is 0 Å². The van der Waals surface area contributed by atoms with Crippen LogP contribution in [-0.4, -0.2) is 31.4 Å². The van der Waals surface area contributed by atoms with Gasteiger partial charge in [-0.2, -0.15) is 5.26 Å². The zero-order chi connectivity index (χ0) is 20.4. The average molecular weight is 425 g/mol. The summed E-state index contributed by atoms with van der Waals surface area (Å²) in [4.78, 5) is 17.8. The van der Waals surface area contributed by atoms with Crippen LogP contribution in [0.4, 0.5) is 5.00 Å². The molecule has 7 nitrogen and oxygen atoms in total. The van der Waals surface area contributed by atoms with Gasteiger partial charge in [-0.3, -0.25) is 9.78 Å². The summed E-state index contributed by atoms with van der Waals surface area (Å²) in [5, 5.41) is 22.2. The third-order valence-electron chi connectivity index (χ3n) is 4.98. The van der Waals surface area contributed by atoms with Crippen molar-refractivity contribution in [1.29, 1.82) is 5.26 Å². The Labute approximate surface area is 177 Å². The van der Waals surface area contributed by atoms with E-state index in [-0.39, 0.29) is 11.7 Å². The summed E-state index contributed by atoms with van der Waals surface area (Å²) in [6.07, 6.45) is 6.40. The molecule has 4 rings (SSSR count). The van der Waals surface area contributed by atoms with Gasteiger partial charge in [-0.1, -0.05) is 18.7 Å². The Morgan fingerprint density at radius 3 is 2.97 bits per heavy atom. The molecular formula is C20H20N6OS2. The number of anilines is 1. The number of nitriles is 1. The molecule has 0 unspecified atom stereocenters. The number of aromatic nitrogens is 4. The second-order valence-electron chi connectivity index (χ2n) is 7.11. The third kappa shape index (κ3) is 4.04. The molecule has 148 valence electrons. The molecular weight excluding hydrogens is 404 g/mol. The van der Waals surface area contributed by atoms with Gasteiger partial charge in [0.05, 0.1) is 11.3 Å². The lowest BCUT2D eigenvalue weighted by Gasteiger charge is -2.17. The summed E-state index contributed by atoms with van der Waals surface area (Å²) in [5.41, 5.74) is 2.67. The first-order chi connectivity index (χ1) is 14.1. The van der Waals surface area contributed by atoms with Crippen molar-refractivity contribution in [3.8, 4) is 17.5 Å². The first-order valence-electron chi connectivity index (χ1n) is 9.34. The molecule has 1 aliphatic rings. The van der Waals surface area contributed by atoms with Gasteiger partial charge in [0.15, 0.2) is 11.0 Å². The molecule has 0 spiro atoms. The fraction of sp³-hybridized carbons (Fsp3) is 0.350. The predicted molar refractivity (Wildman–Crippen MR) is 114 cm³/mol. The number of thioether (sulfide) groups is 1. The number of carbonyl (C=O) groups excluding carboxylic acids is 1. The van der Waals surface area contributed by atoms with Crippen molar-refractivity contribution in [2.45, 2.75) is 31.3 Å². The highest BCUT2D eigenvalue weighted by Crippen LogP contribution is 2.39. The van der Waals surface area contributed by atoms with E-state index >= 15 is 0 Å². The molecule has 1 N–H and O–H groups in total. The van der Waals surface area contributed by atoms with Crippen LogP contribution in [0.3, 0.4) is 0 Å². The molecule has 3 aromatic heterocycles. The average Bonchev–Trinajstić information content (AvgIpc) is 3.26. The second-order valence-corrected chi connectivity index (χ2v) is 9.15. The number of hydrogen-bond donors (Lipinski definition) is 1. The first kappa shape index (κ1) is 19.6. The van der Waals surface area contributed by atoms with E-state index in [0.717, 1.165) is 36.2 Å². The topological polar surface area (TPSA) is 96.5 Å². The Kier molecular flexibility index (Phi) is 5.65. The number of carbonyl (C=O) groups is 1. The Morgan fingerprint density at radius 1 is 1.41 bits per heavy atom.